The molecule has 4 rings (SSSR count). The summed E-state index contributed by atoms with van der Waals surface area (Å²) < 4.78 is 36.7. The van der Waals surface area contributed by atoms with E-state index < -0.39 is 0 Å². The second-order valence-corrected chi connectivity index (χ2v) is 14.1. The molecule has 6 heteroatoms. The molecule has 0 radical (unpaired) electrons. The van der Waals surface area contributed by atoms with E-state index in [0.717, 1.165) is 94.0 Å². The van der Waals surface area contributed by atoms with Crippen molar-refractivity contribution in [1.82, 2.24) is 0 Å². The van der Waals surface area contributed by atoms with E-state index in [1.807, 2.05) is 0 Å². The molecule has 0 heterocycles. The van der Waals surface area contributed by atoms with Gasteiger partial charge in [-0.05, 0) is 105 Å². The number of ether oxygens (including phenoxy) is 6. The standard InChI is InChI=1S/C48H66O6/c1-7-13-16-19-25-52-46-34-43-40(31-37(46)22-28-49-10-4)41-32-38(23-29-50-11-5)47(53-26-20-17-14-8-2)35-44(41)45-36-48(54-27-21-18-15-9-3)39(33-42(43)45)24-30-51-12-6/h10-12,31-36H,4-9,13-30H2,1-3H3. The lowest BCUT2D eigenvalue weighted by Gasteiger charge is -2.20. The number of fused-ring (bicyclic) bond motifs is 6. The minimum Gasteiger partial charge on any atom is -0.501 e. The van der Waals surface area contributed by atoms with Crippen molar-refractivity contribution in [2.45, 2.75) is 117 Å². The van der Waals surface area contributed by atoms with Gasteiger partial charge >= 0.3 is 0 Å². The van der Waals surface area contributed by atoms with Gasteiger partial charge in [0.25, 0.3) is 0 Å². The van der Waals surface area contributed by atoms with E-state index in [1.54, 1.807) is 0 Å². The molecule has 0 bridgehead atoms. The van der Waals surface area contributed by atoms with Crippen molar-refractivity contribution in [1.29, 1.82) is 0 Å². The summed E-state index contributed by atoms with van der Waals surface area (Å²) in [5.41, 5.74) is 3.37. The summed E-state index contributed by atoms with van der Waals surface area (Å²) >= 11 is 0. The highest BCUT2D eigenvalue weighted by molar-refractivity contribution is 6.26. The Balaban J connectivity index is 1.99. The number of rotatable bonds is 30. The molecule has 4 aromatic carbocycles. The molecule has 0 aliphatic heterocycles. The SMILES string of the molecule is C=COCCc1cc2c3cc(CCOC=C)c(OCCCCCC)cc3c3cc(OCCCCCC)c(CCOC=C)cc3c2cc1OCCCCCC. The molecule has 0 spiro atoms. The number of hydrogen-bond donors (Lipinski definition) is 0. The van der Waals surface area contributed by atoms with Gasteiger partial charge in [-0.1, -0.05) is 98.3 Å². The lowest BCUT2D eigenvalue weighted by atomic mass is 9.89. The number of unbranched alkanes of at least 4 members (excludes halogenated alkanes) is 9. The van der Waals surface area contributed by atoms with Crippen LogP contribution in [0, 0.1) is 0 Å². The fourth-order valence-corrected chi connectivity index (χ4v) is 7.09. The van der Waals surface area contributed by atoms with Gasteiger partial charge in [-0.2, -0.15) is 0 Å². The van der Waals surface area contributed by atoms with Crippen molar-refractivity contribution in [3.63, 3.8) is 0 Å². The van der Waals surface area contributed by atoms with E-state index in [1.165, 1.54) is 68.1 Å². The van der Waals surface area contributed by atoms with Crippen LogP contribution >= 0.6 is 0 Å². The fourth-order valence-electron chi connectivity index (χ4n) is 7.09. The first kappa shape index (κ1) is 42.4. The van der Waals surface area contributed by atoms with Crippen molar-refractivity contribution in [2.75, 3.05) is 39.6 Å². The van der Waals surface area contributed by atoms with Crippen LogP contribution in [0.2, 0.25) is 0 Å². The summed E-state index contributed by atoms with van der Waals surface area (Å²) in [4.78, 5) is 0. The van der Waals surface area contributed by atoms with Crippen molar-refractivity contribution in [2.24, 2.45) is 0 Å². The summed E-state index contributed by atoms with van der Waals surface area (Å²) in [5, 5.41) is 6.92. The Morgan fingerprint density at radius 1 is 0.370 bits per heavy atom. The highest BCUT2D eigenvalue weighted by Gasteiger charge is 2.19. The van der Waals surface area contributed by atoms with E-state index in [0.29, 0.717) is 58.9 Å². The molecule has 0 aromatic heterocycles. The van der Waals surface area contributed by atoms with Crippen molar-refractivity contribution >= 4 is 32.3 Å². The highest BCUT2D eigenvalue weighted by atomic mass is 16.5. The molecule has 4 aromatic rings. The van der Waals surface area contributed by atoms with Crippen LogP contribution in [-0.4, -0.2) is 39.6 Å². The van der Waals surface area contributed by atoms with E-state index in [9.17, 15) is 0 Å². The Bertz CT molecular complexity index is 1760. The third kappa shape index (κ3) is 12.4. The van der Waals surface area contributed by atoms with Crippen LogP contribution in [0.3, 0.4) is 0 Å². The minimum absolute atomic E-state index is 0.526. The average molecular weight is 739 g/mol. The molecule has 0 N–H and O–H groups in total. The summed E-state index contributed by atoms with van der Waals surface area (Å²) in [6.07, 6.45) is 20.4. The molecule has 0 aliphatic carbocycles. The van der Waals surface area contributed by atoms with Gasteiger partial charge in [-0.3, -0.25) is 0 Å². The molecule has 294 valence electrons. The lowest BCUT2D eigenvalue weighted by Crippen LogP contribution is -2.05. The molecule has 0 saturated carbocycles. The van der Waals surface area contributed by atoms with Crippen LogP contribution in [0.15, 0.2) is 74.9 Å². The Morgan fingerprint density at radius 2 is 0.648 bits per heavy atom. The lowest BCUT2D eigenvalue weighted by molar-refractivity contribution is 0.250. The van der Waals surface area contributed by atoms with Gasteiger partial charge in [0.2, 0.25) is 0 Å². The van der Waals surface area contributed by atoms with Crippen LogP contribution in [-0.2, 0) is 33.5 Å². The molecule has 0 amide bonds. The number of benzene rings is 4. The maximum atomic E-state index is 6.60. The van der Waals surface area contributed by atoms with Crippen molar-refractivity contribution < 1.29 is 28.4 Å². The predicted octanol–water partition coefficient (Wildman–Crippen LogP) is 13.1. The first-order valence-electron chi connectivity index (χ1n) is 20.7. The quantitative estimate of drug-likeness (QED) is 0.0302. The zero-order valence-corrected chi connectivity index (χ0v) is 33.6. The topological polar surface area (TPSA) is 55.4 Å². The molecule has 0 atom stereocenters. The Kier molecular flexibility index (Phi) is 19.0. The largest absolute Gasteiger partial charge is 0.501 e. The summed E-state index contributed by atoms with van der Waals surface area (Å²) in [7, 11) is 0. The first-order chi connectivity index (χ1) is 26.6. The predicted molar refractivity (Wildman–Crippen MR) is 227 cm³/mol. The Hall–Kier alpha value is -4.32. The molecular weight excluding hydrogens is 673 g/mol. The summed E-state index contributed by atoms with van der Waals surface area (Å²) in [5.74, 6) is 2.72. The van der Waals surface area contributed by atoms with Crippen LogP contribution < -0.4 is 14.2 Å². The molecule has 6 nitrogen and oxygen atoms in total. The Labute approximate surface area is 325 Å². The molecule has 0 aliphatic rings. The second-order valence-electron chi connectivity index (χ2n) is 14.1. The fraction of sp³-hybridized carbons (Fsp3) is 0.500. The van der Waals surface area contributed by atoms with Gasteiger partial charge in [0.05, 0.1) is 58.4 Å². The van der Waals surface area contributed by atoms with Crippen LogP contribution in [0.1, 0.15) is 115 Å². The summed E-state index contributed by atoms with van der Waals surface area (Å²) in [6.45, 7) is 21.6. The van der Waals surface area contributed by atoms with Gasteiger partial charge in [-0.25, -0.2) is 0 Å². The Morgan fingerprint density at radius 3 is 0.907 bits per heavy atom. The third-order valence-corrected chi connectivity index (χ3v) is 10.1. The normalized spacial score (nSPS) is 11.2. The van der Waals surface area contributed by atoms with Gasteiger partial charge in [0.1, 0.15) is 17.2 Å². The van der Waals surface area contributed by atoms with Crippen LogP contribution in [0.4, 0.5) is 0 Å². The maximum absolute atomic E-state index is 6.60. The zero-order chi connectivity index (χ0) is 38.4. The third-order valence-electron chi connectivity index (χ3n) is 10.1. The number of hydrogen-bond acceptors (Lipinski definition) is 6. The van der Waals surface area contributed by atoms with E-state index in [4.69, 9.17) is 28.4 Å². The van der Waals surface area contributed by atoms with Crippen LogP contribution in [0.5, 0.6) is 17.2 Å². The van der Waals surface area contributed by atoms with E-state index >= 15 is 0 Å². The van der Waals surface area contributed by atoms with Gasteiger partial charge in [0, 0.05) is 19.3 Å². The van der Waals surface area contributed by atoms with Gasteiger partial charge < -0.3 is 28.4 Å². The summed E-state index contributed by atoms with van der Waals surface area (Å²) in [6, 6.07) is 13.7. The average Bonchev–Trinajstić information content (AvgIpc) is 3.18. The zero-order valence-electron chi connectivity index (χ0n) is 33.6. The van der Waals surface area contributed by atoms with E-state index in [-0.39, 0.29) is 0 Å². The van der Waals surface area contributed by atoms with Crippen LogP contribution in [0.25, 0.3) is 32.3 Å². The second kappa shape index (κ2) is 24.2. The molecule has 0 unspecified atom stereocenters. The molecule has 54 heavy (non-hydrogen) atoms. The van der Waals surface area contributed by atoms with Crippen molar-refractivity contribution in [3.05, 3.63) is 91.6 Å². The smallest absolute Gasteiger partial charge is 0.123 e. The monoisotopic (exact) mass is 738 g/mol. The van der Waals surface area contributed by atoms with Crippen molar-refractivity contribution in [3.8, 4) is 17.2 Å². The minimum atomic E-state index is 0.526. The highest BCUT2D eigenvalue weighted by Crippen LogP contribution is 2.43. The molecule has 0 fully saturated rings. The molecule has 0 saturated heterocycles. The first-order valence-corrected chi connectivity index (χ1v) is 20.7. The van der Waals surface area contributed by atoms with E-state index in [2.05, 4.69) is 76.9 Å². The van der Waals surface area contributed by atoms with Gasteiger partial charge in [0.15, 0.2) is 0 Å². The van der Waals surface area contributed by atoms with Gasteiger partial charge in [-0.15, -0.1) is 0 Å². The maximum Gasteiger partial charge on any atom is 0.123 e. The molecular formula is C48H66O6.